The van der Waals surface area contributed by atoms with Crippen LogP contribution >= 0.6 is 0 Å². The number of nitrogens with zero attached hydrogens (tertiary/aromatic N) is 1. The zero-order valence-electron chi connectivity index (χ0n) is 14.1. The molecule has 3 heteroatoms. The van der Waals surface area contributed by atoms with Gasteiger partial charge in [-0.2, -0.15) is 0 Å². The van der Waals surface area contributed by atoms with Gasteiger partial charge in [0.05, 0.1) is 0 Å². The summed E-state index contributed by atoms with van der Waals surface area (Å²) in [6.45, 7) is 13.0. The predicted octanol–water partition coefficient (Wildman–Crippen LogP) is 4.46. The fourth-order valence-electron chi connectivity index (χ4n) is 2.75. The lowest BCUT2D eigenvalue weighted by molar-refractivity contribution is 0.253. The summed E-state index contributed by atoms with van der Waals surface area (Å²) in [5, 5.41) is 3.58. The van der Waals surface area contributed by atoms with Crippen molar-refractivity contribution in [3.05, 3.63) is 30.1 Å². The first-order chi connectivity index (χ1) is 10.1. The topological polar surface area (TPSA) is 15.3 Å². The van der Waals surface area contributed by atoms with E-state index in [0.29, 0.717) is 0 Å². The Morgan fingerprint density at radius 3 is 2.14 bits per heavy atom. The maximum atomic E-state index is 13.1. The molecule has 0 amide bonds. The predicted molar refractivity (Wildman–Crippen MR) is 90.5 cm³/mol. The standard InChI is InChI=1S/C18H31FN2/c1-5-13-20-14-18(6-2,7-3)15-21(8-4)17-11-9-16(19)10-12-17/h9-12,20H,5-8,13-15H2,1-4H3. The van der Waals surface area contributed by atoms with Gasteiger partial charge in [-0.3, -0.25) is 0 Å². The number of halogens is 1. The molecule has 0 aliphatic heterocycles. The second kappa shape index (κ2) is 9.04. The maximum Gasteiger partial charge on any atom is 0.123 e. The molecule has 2 nitrogen and oxygen atoms in total. The first-order valence-electron chi connectivity index (χ1n) is 8.32. The second-order valence-corrected chi connectivity index (χ2v) is 5.87. The van der Waals surface area contributed by atoms with Gasteiger partial charge in [-0.05, 0) is 62.4 Å². The third-order valence-corrected chi connectivity index (χ3v) is 4.53. The average molecular weight is 294 g/mol. The van der Waals surface area contributed by atoms with E-state index >= 15 is 0 Å². The Labute approximate surface area is 129 Å². The monoisotopic (exact) mass is 294 g/mol. The van der Waals surface area contributed by atoms with E-state index in [2.05, 4.69) is 37.9 Å². The minimum Gasteiger partial charge on any atom is -0.371 e. The highest BCUT2D eigenvalue weighted by Gasteiger charge is 2.28. The molecule has 0 aliphatic rings. The van der Waals surface area contributed by atoms with Gasteiger partial charge in [-0.25, -0.2) is 4.39 Å². The molecule has 1 rings (SSSR count). The summed E-state index contributed by atoms with van der Waals surface area (Å²) in [7, 11) is 0. The van der Waals surface area contributed by atoms with E-state index in [-0.39, 0.29) is 11.2 Å². The maximum absolute atomic E-state index is 13.1. The molecule has 1 aromatic carbocycles. The molecule has 1 N–H and O–H groups in total. The minimum absolute atomic E-state index is 0.170. The average Bonchev–Trinajstić information content (AvgIpc) is 2.52. The summed E-state index contributed by atoms with van der Waals surface area (Å²) in [4.78, 5) is 2.36. The first-order valence-corrected chi connectivity index (χ1v) is 8.32. The van der Waals surface area contributed by atoms with Crippen molar-refractivity contribution in [2.24, 2.45) is 5.41 Å². The molecule has 0 atom stereocenters. The van der Waals surface area contributed by atoms with Crippen LogP contribution in [0.4, 0.5) is 10.1 Å². The number of hydrogen-bond donors (Lipinski definition) is 1. The van der Waals surface area contributed by atoms with E-state index in [1.165, 1.54) is 6.42 Å². The minimum atomic E-state index is -0.170. The van der Waals surface area contributed by atoms with Gasteiger partial charge >= 0.3 is 0 Å². The van der Waals surface area contributed by atoms with Crippen molar-refractivity contribution >= 4 is 5.69 Å². The number of hydrogen-bond acceptors (Lipinski definition) is 2. The van der Waals surface area contributed by atoms with Crippen molar-refractivity contribution in [2.45, 2.75) is 47.0 Å². The Balaban J connectivity index is 2.80. The summed E-state index contributed by atoms with van der Waals surface area (Å²) in [6, 6.07) is 6.86. The summed E-state index contributed by atoms with van der Waals surface area (Å²) >= 11 is 0. The van der Waals surface area contributed by atoms with Crippen LogP contribution in [0.2, 0.25) is 0 Å². The van der Waals surface area contributed by atoms with Crippen molar-refractivity contribution in [2.75, 3.05) is 31.1 Å². The van der Waals surface area contributed by atoms with Crippen molar-refractivity contribution in [3.8, 4) is 0 Å². The van der Waals surface area contributed by atoms with Gasteiger partial charge in [0.15, 0.2) is 0 Å². The number of nitrogens with one attached hydrogen (secondary N) is 1. The van der Waals surface area contributed by atoms with Gasteiger partial charge in [0, 0.05) is 25.3 Å². The van der Waals surface area contributed by atoms with Crippen LogP contribution in [0, 0.1) is 11.2 Å². The van der Waals surface area contributed by atoms with Crippen molar-refractivity contribution in [1.29, 1.82) is 0 Å². The molecule has 0 bridgehead atoms. The van der Waals surface area contributed by atoms with Crippen molar-refractivity contribution in [3.63, 3.8) is 0 Å². The van der Waals surface area contributed by atoms with Crippen LogP contribution in [0.3, 0.4) is 0 Å². The van der Waals surface area contributed by atoms with Crippen LogP contribution in [-0.2, 0) is 0 Å². The van der Waals surface area contributed by atoms with Crippen molar-refractivity contribution < 1.29 is 4.39 Å². The Kier molecular flexibility index (Phi) is 7.73. The summed E-state index contributed by atoms with van der Waals surface area (Å²) in [5.74, 6) is -0.170. The van der Waals surface area contributed by atoms with Gasteiger partial charge in [0.2, 0.25) is 0 Å². The SMILES string of the molecule is CCCNCC(CC)(CC)CN(CC)c1ccc(F)cc1. The molecule has 0 spiro atoms. The molecular weight excluding hydrogens is 263 g/mol. The van der Waals surface area contributed by atoms with Crippen molar-refractivity contribution in [1.82, 2.24) is 5.32 Å². The van der Waals surface area contributed by atoms with Gasteiger partial charge in [-0.1, -0.05) is 20.8 Å². The highest BCUT2D eigenvalue weighted by molar-refractivity contribution is 5.46. The van der Waals surface area contributed by atoms with Crippen LogP contribution in [0.25, 0.3) is 0 Å². The Morgan fingerprint density at radius 2 is 1.67 bits per heavy atom. The van der Waals surface area contributed by atoms with Gasteiger partial charge in [-0.15, -0.1) is 0 Å². The highest BCUT2D eigenvalue weighted by atomic mass is 19.1. The molecule has 0 radical (unpaired) electrons. The van der Waals surface area contributed by atoms with E-state index in [9.17, 15) is 4.39 Å². The lowest BCUT2D eigenvalue weighted by Gasteiger charge is -2.38. The smallest absolute Gasteiger partial charge is 0.123 e. The molecule has 0 heterocycles. The zero-order valence-corrected chi connectivity index (χ0v) is 14.1. The van der Waals surface area contributed by atoms with E-state index in [1.807, 2.05) is 12.1 Å². The van der Waals surface area contributed by atoms with Crippen LogP contribution in [-0.4, -0.2) is 26.2 Å². The van der Waals surface area contributed by atoms with Gasteiger partial charge < -0.3 is 10.2 Å². The van der Waals surface area contributed by atoms with E-state index in [0.717, 1.165) is 44.7 Å². The number of anilines is 1. The third-order valence-electron chi connectivity index (χ3n) is 4.53. The van der Waals surface area contributed by atoms with Gasteiger partial charge in [0.1, 0.15) is 5.82 Å². The van der Waals surface area contributed by atoms with Crippen LogP contribution in [0.5, 0.6) is 0 Å². The number of rotatable bonds is 10. The van der Waals surface area contributed by atoms with E-state index < -0.39 is 0 Å². The first kappa shape index (κ1) is 18.0. The lowest BCUT2D eigenvalue weighted by atomic mass is 9.81. The molecule has 0 fully saturated rings. The summed E-state index contributed by atoms with van der Waals surface area (Å²) < 4.78 is 13.1. The van der Waals surface area contributed by atoms with Crippen LogP contribution in [0.1, 0.15) is 47.0 Å². The lowest BCUT2D eigenvalue weighted by Crippen LogP contribution is -2.44. The Hall–Kier alpha value is -1.09. The quantitative estimate of drug-likeness (QED) is 0.641. The van der Waals surface area contributed by atoms with E-state index in [4.69, 9.17) is 0 Å². The number of benzene rings is 1. The third kappa shape index (κ3) is 5.31. The Morgan fingerprint density at radius 1 is 1.05 bits per heavy atom. The fraction of sp³-hybridized carbons (Fsp3) is 0.667. The molecule has 21 heavy (non-hydrogen) atoms. The molecule has 120 valence electrons. The fourth-order valence-corrected chi connectivity index (χ4v) is 2.75. The Bertz CT molecular complexity index is 385. The molecule has 0 unspecified atom stereocenters. The zero-order chi connectivity index (χ0) is 15.7. The second-order valence-electron chi connectivity index (χ2n) is 5.87. The van der Waals surface area contributed by atoms with Crippen LogP contribution < -0.4 is 10.2 Å². The normalized spacial score (nSPS) is 11.7. The summed E-state index contributed by atoms with van der Waals surface area (Å²) in [6.07, 6.45) is 3.47. The molecule has 0 saturated heterocycles. The summed E-state index contributed by atoms with van der Waals surface area (Å²) in [5.41, 5.74) is 1.39. The largest absolute Gasteiger partial charge is 0.371 e. The molecule has 0 saturated carbocycles. The molecular formula is C18H31FN2. The van der Waals surface area contributed by atoms with Crippen LogP contribution in [0.15, 0.2) is 24.3 Å². The van der Waals surface area contributed by atoms with Gasteiger partial charge in [0.25, 0.3) is 0 Å². The molecule has 0 aliphatic carbocycles. The molecule has 0 aromatic heterocycles. The highest BCUT2D eigenvalue weighted by Crippen LogP contribution is 2.29. The molecule has 1 aromatic rings. The van der Waals surface area contributed by atoms with E-state index in [1.54, 1.807) is 12.1 Å².